The van der Waals surface area contributed by atoms with E-state index in [9.17, 15) is 4.79 Å². The lowest BCUT2D eigenvalue weighted by molar-refractivity contribution is -0.127. The minimum atomic E-state index is -0.0220. The van der Waals surface area contributed by atoms with E-state index >= 15 is 0 Å². The molecule has 31 heavy (non-hydrogen) atoms. The summed E-state index contributed by atoms with van der Waals surface area (Å²) < 4.78 is 1.90. The van der Waals surface area contributed by atoms with Crippen molar-refractivity contribution >= 4 is 23.2 Å². The first kappa shape index (κ1) is 22.1. The molecule has 0 aliphatic rings. The van der Waals surface area contributed by atoms with Crippen LogP contribution in [-0.2, 0) is 11.3 Å². The molecular weight excluding hydrogens is 392 g/mol. The average molecular weight is 423 g/mol. The fraction of sp³-hybridized carbons (Fsp3) is 0.364. The van der Waals surface area contributed by atoms with Crippen molar-refractivity contribution in [3.05, 3.63) is 60.6 Å². The third-order valence-corrected chi connectivity index (χ3v) is 4.83. The summed E-state index contributed by atoms with van der Waals surface area (Å²) in [6.45, 7) is 2.14. The van der Waals surface area contributed by atoms with E-state index in [1.54, 1.807) is 19.0 Å². The van der Waals surface area contributed by atoms with Gasteiger partial charge in [-0.15, -0.1) is 10.2 Å². The van der Waals surface area contributed by atoms with Gasteiger partial charge in [-0.3, -0.25) is 9.20 Å². The van der Waals surface area contributed by atoms with Crippen molar-refractivity contribution in [2.45, 2.75) is 13.0 Å². The highest BCUT2D eigenvalue weighted by molar-refractivity contribution is 5.86. The van der Waals surface area contributed by atoms with E-state index in [1.165, 1.54) is 5.69 Å². The molecule has 3 aromatic rings. The fourth-order valence-electron chi connectivity index (χ4n) is 2.97. The van der Waals surface area contributed by atoms with Crippen LogP contribution in [0.5, 0.6) is 0 Å². The monoisotopic (exact) mass is 422 g/mol. The summed E-state index contributed by atoms with van der Waals surface area (Å²) in [5.41, 5.74) is 1.96. The topological polar surface area (TPSA) is 90.2 Å². The Labute approximate surface area is 182 Å². The van der Waals surface area contributed by atoms with E-state index in [0.29, 0.717) is 12.5 Å². The number of aliphatic imine (C=N–C) groups is 1. The van der Waals surface area contributed by atoms with Gasteiger partial charge in [-0.05, 0) is 30.7 Å². The summed E-state index contributed by atoms with van der Waals surface area (Å²) in [4.78, 5) is 20.3. The van der Waals surface area contributed by atoms with Crippen LogP contribution in [0, 0.1) is 0 Å². The van der Waals surface area contributed by atoms with Crippen molar-refractivity contribution < 1.29 is 4.79 Å². The van der Waals surface area contributed by atoms with Crippen LogP contribution in [0.2, 0.25) is 0 Å². The molecule has 0 aliphatic heterocycles. The number of likely N-dealkylation sites (N-methyl/N-ethyl adjacent to an activating group) is 1. The Morgan fingerprint density at radius 3 is 2.58 bits per heavy atom. The Morgan fingerprint density at radius 1 is 1.03 bits per heavy atom. The van der Waals surface area contributed by atoms with Gasteiger partial charge in [0.15, 0.2) is 17.4 Å². The maximum atomic E-state index is 12.0. The first-order chi connectivity index (χ1) is 15.0. The predicted molar refractivity (Wildman–Crippen MR) is 123 cm³/mol. The van der Waals surface area contributed by atoms with Gasteiger partial charge in [0, 0.05) is 46.1 Å². The number of para-hydroxylation sites is 1. The number of rotatable bonds is 9. The number of hydrogen-bond donors (Lipinski definition) is 2. The number of fused-ring (bicyclic) bond motifs is 1. The van der Waals surface area contributed by atoms with Gasteiger partial charge in [-0.25, -0.2) is 4.99 Å². The van der Waals surface area contributed by atoms with Crippen LogP contribution in [-0.4, -0.2) is 72.1 Å². The highest BCUT2D eigenvalue weighted by Gasteiger charge is 2.08. The summed E-state index contributed by atoms with van der Waals surface area (Å²) in [6.07, 6.45) is 2.83. The second-order valence-corrected chi connectivity index (χ2v) is 7.39. The van der Waals surface area contributed by atoms with E-state index in [2.05, 4.69) is 49.9 Å². The zero-order valence-corrected chi connectivity index (χ0v) is 18.3. The van der Waals surface area contributed by atoms with Gasteiger partial charge < -0.3 is 20.4 Å². The number of amides is 1. The Balaban J connectivity index is 1.57. The number of anilines is 1. The number of carbonyl (C=O) groups excluding carboxylic acids is 1. The minimum Gasteiger partial charge on any atom is -0.375 e. The molecule has 3 rings (SSSR count). The third-order valence-electron chi connectivity index (χ3n) is 4.83. The third kappa shape index (κ3) is 6.43. The molecule has 9 nitrogen and oxygen atoms in total. The van der Waals surface area contributed by atoms with Gasteiger partial charge in [0.2, 0.25) is 5.91 Å². The minimum absolute atomic E-state index is 0.0220. The maximum Gasteiger partial charge on any atom is 0.241 e. The van der Waals surface area contributed by atoms with E-state index < -0.39 is 0 Å². The van der Waals surface area contributed by atoms with Gasteiger partial charge >= 0.3 is 0 Å². The van der Waals surface area contributed by atoms with Crippen LogP contribution < -0.4 is 15.5 Å². The van der Waals surface area contributed by atoms with Crippen molar-refractivity contribution in [3.8, 4) is 0 Å². The van der Waals surface area contributed by atoms with E-state index in [-0.39, 0.29) is 12.5 Å². The molecule has 0 saturated heterocycles. The molecule has 2 heterocycles. The molecule has 0 bridgehead atoms. The summed E-state index contributed by atoms with van der Waals surface area (Å²) in [5, 5.41) is 14.8. The van der Waals surface area contributed by atoms with E-state index in [4.69, 9.17) is 0 Å². The fourth-order valence-corrected chi connectivity index (χ4v) is 2.97. The second kappa shape index (κ2) is 11.0. The molecule has 9 heteroatoms. The first-order valence-corrected chi connectivity index (χ1v) is 10.3. The van der Waals surface area contributed by atoms with Gasteiger partial charge in [0.1, 0.15) is 6.54 Å². The number of nitrogens with one attached hydrogen (secondary N) is 2. The van der Waals surface area contributed by atoms with Crippen molar-refractivity contribution in [1.82, 2.24) is 30.1 Å². The summed E-state index contributed by atoms with van der Waals surface area (Å²) >= 11 is 0. The number of benzene rings is 1. The van der Waals surface area contributed by atoms with Crippen molar-refractivity contribution in [2.24, 2.45) is 4.99 Å². The number of guanidine groups is 1. The van der Waals surface area contributed by atoms with Gasteiger partial charge in [0.25, 0.3) is 0 Å². The molecule has 2 aromatic heterocycles. The molecule has 1 aromatic carbocycles. The predicted octanol–water partition coefficient (Wildman–Crippen LogP) is 1.38. The molecule has 0 fully saturated rings. The lowest BCUT2D eigenvalue weighted by atomic mass is 10.3. The van der Waals surface area contributed by atoms with E-state index in [0.717, 1.165) is 31.0 Å². The highest BCUT2D eigenvalue weighted by atomic mass is 16.2. The molecule has 1 amide bonds. The van der Waals surface area contributed by atoms with Crippen molar-refractivity contribution in [2.75, 3.05) is 45.7 Å². The highest BCUT2D eigenvalue weighted by Crippen LogP contribution is 2.10. The normalized spacial score (nSPS) is 11.4. The Hall–Kier alpha value is -3.62. The Morgan fingerprint density at radius 2 is 1.81 bits per heavy atom. The van der Waals surface area contributed by atoms with Crippen LogP contribution >= 0.6 is 0 Å². The van der Waals surface area contributed by atoms with Crippen molar-refractivity contribution in [3.63, 3.8) is 0 Å². The molecule has 0 unspecified atom stereocenters. The molecule has 164 valence electrons. The molecule has 2 N–H and O–H groups in total. The number of hydrogen-bond acceptors (Lipinski definition) is 5. The Kier molecular flexibility index (Phi) is 7.80. The van der Waals surface area contributed by atoms with Crippen LogP contribution in [0.4, 0.5) is 5.69 Å². The zero-order chi connectivity index (χ0) is 22.1. The van der Waals surface area contributed by atoms with Gasteiger partial charge in [-0.1, -0.05) is 24.3 Å². The number of nitrogens with zero attached hydrogens (tertiary/aromatic N) is 6. The number of carbonyl (C=O) groups is 1. The summed E-state index contributed by atoms with van der Waals surface area (Å²) in [7, 11) is 5.54. The molecule has 0 spiro atoms. The van der Waals surface area contributed by atoms with Crippen molar-refractivity contribution in [1.29, 1.82) is 0 Å². The second-order valence-electron chi connectivity index (χ2n) is 7.39. The molecular formula is C22H30N8O. The van der Waals surface area contributed by atoms with E-state index in [1.807, 2.05) is 47.0 Å². The molecule has 0 radical (unpaired) electrons. The average Bonchev–Trinajstić information content (AvgIpc) is 3.21. The lowest BCUT2D eigenvalue weighted by Crippen LogP contribution is -2.43. The Bertz CT molecular complexity index is 999. The lowest BCUT2D eigenvalue weighted by Gasteiger charge is -2.20. The zero-order valence-electron chi connectivity index (χ0n) is 18.3. The number of pyridine rings is 1. The van der Waals surface area contributed by atoms with Gasteiger partial charge in [-0.2, -0.15) is 0 Å². The number of aromatic nitrogens is 3. The molecule has 0 aliphatic carbocycles. The standard InChI is InChI=1S/C22H30N8O/c1-28(2)21(31)17-25-22(23-13-9-14-29(3)18-10-5-4-6-11-18)24-16-20-27-26-19-12-7-8-15-30(19)20/h4-8,10-12,15H,9,13-14,16-17H2,1-3H3,(H2,23,24,25). The first-order valence-electron chi connectivity index (χ1n) is 10.3. The summed E-state index contributed by atoms with van der Waals surface area (Å²) in [5.74, 6) is 1.29. The van der Waals surface area contributed by atoms with Crippen LogP contribution in [0.3, 0.4) is 0 Å². The largest absolute Gasteiger partial charge is 0.375 e. The molecule has 0 saturated carbocycles. The quantitative estimate of drug-likeness (QED) is 0.308. The summed E-state index contributed by atoms with van der Waals surface area (Å²) in [6, 6.07) is 16.0. The maximum absolute atomic E-state index is 12.0. The SMILES string of the molecule is CN(C)C(=O)CNC(=NCc1nnc2ccccn12)NCCCN(C)c1ccccc1. The molecule has 0 atom stereocenters. The van der Waals surface area contributed by atoms with Crippen LogP contribution in [0.25, 0.3) is 5.65 Å². The van der Waals surface area contributed by atoms with Crippen LogP contribution in [0.1, 0.15) is 12.2 Å². The van der Waals surface area contributed by atoms with Gasteiger partial charge in [0.05, 0.1) is 6.54 Å². The smallest absolute Gasteiger partial charge is 0.241 e. The van der Waals surface area contributed by atoms with Crippen LogP contribution in [0.15, 0.2) is 59.7 Å².